The molecule has 27 heavy (non-hydrogen) atoms. The third-order valence-corrected chi connectivity index (χ3v) is 5.55. The Morgan fingerprint density at radius 3 is 3.04 bits per heavy atom. The quantitative estimate of drug-likeness (QED) is 0.726. The third-order valence-electron chi connectivity index (χ3n) is 5.55. The number of hydrogen-bond acceptors (Lipinski definition) is 3. The van der Waals surface area contributed by atoms with Gasteiger partial charge in [-0.05, 0) is 37.0 Å². The fourth-order valence-electron chi connectivity index (χ4n) is 4.09. The Bertz CT molecular complexity index is 999. The van der Waals surface area contributed by atoms with E-state index in [1.165, 1.54) is 11.3 Å². The number of benzene rings is 1. The predicted molar refractivity (Wildman–Crippen MR) is 104 cm³/mol. The molecular formula is C20H25N5O2. The maximum absolute atomic E-state index is 12.8. The molecule has 0 aliphatic carbocycles. The number of nitrogens with zero attached hydrogens (tertiary/aromatic N) is 3. The van der Waals surface area contributed by atoms with Crippen molar-refractivity contribution < 1.29 is 4.79 Å². The van der Waals surface area contributed by atoms with Crippen molar-refractivity contribution in [2.75, 3.05) is 13.1 Å². The molecule has 0 unspecified atom stereocenters. The van der Waals surface area contributed by atoms with E-state index in [-0.39, 0.29) is 11.6 Å². The summed E-state index contributed by atoms with van der Waals surface area (Å²) in [5.74, 6) is 0.422. The molecule has 3 heterocycles. The molecule has 1 aliphatic heterocycles. The molecule has 1 aromatic carbocycles. The minimum absolute atomic E-state index is 0.106. The van der Waals surface area contributed by atoms with Crippen molar-refractivity contribution in [2.24, 2.45) is 0 Å². The van der Waals surface area contributed by atoms with E-state index in [1.54, 1.807) is 4.57 Å². The van der Waals surface area contributed by atoms with Crippen molar-refractivity contribution in [3.63, 3.8) is 0 Å². The summed E-state index contributed by atoms with van der Waals surface area (Å²) in [5.41, 5.74) is 3.89. The number of aromatic amines is 2. The summed E-state index contributed by atoms with van der Waals surface area (Å²) in [7, 11) is 0. The molecule has 1 atom stereocenters. The largest absolute Gasteiger partial charge is 0.342 e. The number of fused-ring (bicyclic) bond motifs is 1. The Labute approximate surface area is 157 Å². The van der Waals surface area contributed by atoms with Gasteiger partial charge in [-0.1, -0.05) is 19.1 Å². The summed E-state index contributed by atoms with van der Waals surface area (Å²) in [5, 5.41) is 7.31. The number of aromatic nitrogens is 4. The summed E-state index contributed by atoms with van der Waals surface area (Å²) in [4.78, 5) is 29.7. The Morgan fingerprint density at radius 1 is 1.33 bits per heavy atom. The molecule has 1 saturated heterocycles. The lowest BCUT2D eigenvalue weighted by Crippen LogP contribution is -2.40. The van der Waals surface area contributed by atoms with Crippen LogP contribution in [0.4, 0.5) is 0 Å². The standard InChI is InChI=1S/C20H25N5O2/c1-2-14-12-21-23-19(14)15-6-5-10-24(13-15)18(26)9-11-25-17-8-4-3-7-16(17)22-20(25)27/h3-4,7-8,12,15H,2,5-6,9-11,13H2,1H3,(H,21,23)(H,22,27)/t15-/m0/s1. The number of piperidine rings is 1. The molecule has 1 amide bonds. The highest BCUT2D eigenvalue weighted by Crippen LogP contribution is 2.28. The number of nitrogens with one attached hydrogen (secondary N) is 2. The summed E-state index contributed by atoms with van der Waals surface area (Å²) >= 11 is 0. The van der Waals surface area contributed by atoms with Crippen LogP contribution in [0, 0.1) is 0 Å². The maximum Gasteiger partial charge on any atom is 0.326 e. The van der Waals surface area contributed by atoms with Crippen LogP contribution in [0.3, 0.4) is 0 Å². The number of hydrogen-bond donors (Lipinski definition) is 2. The van der Waals surface area contributed by atoms with Gasteiger partial charge in [0.25, 0.3) is 0 Å². The second-order valence-corrected chi connectivity index (χ2v) is 7.19. The van der Waals surface area contributed by atoms with Crippen molar-refractivity contribution in [1.29, 1.82) is 0 Å². The fourth-order valence-corrected chi connectivity index (χ4v) is 4.09. The van der Waals surface area contributed by atoms with Gasteiger partial charge in [-0.3, -0.25) is 14.5 Å². The topological polar surface area (TPSA) is 86.8 Å². The number of carbonyl (C=O) groups is 1. The Hall–Kier alpha value is -2.83. The first-order valence-electron chi connectivity index (χ1n) is 9.64. The molecule has 7 nitrogen and oxygen atoms in total. The van der Waals surface area contributed by atoms with Crippen LogP contribution in [0.15, 0.2) is 35.3 Å². The van der Waals surface area contributed by atoms with Gasteiger partial charge in [-0.2, -0.15) is 5.10 Å². The smallest absolute Gasteiger partial charge is 0.326 e. The highest BCUT2D eigenvalue weighted by molar-refractivity contribution is 5.77. The lowest BCUT2D eigenvalue weighted by Gasteiger charge is -2.33. The number of H-pyrrole nitrogens is 2. The zero-order chi connectivity index (χ0) is 18.8. The van der Waals surface area contributed by atoms with E-state index >= 15 is 0 Å². The number of para-hydroxylation sites is 2. The molecule has 3 aromatic rings. The van der Waals surface area contributed by atoms with Gasteiger partial charge in [0.2, 0.25) is 5.91 Å². The van der Waals surface area contributed by atoms with Gasteiger partial charge >= 0.3 is 5.69 Å². The molecule has 7 heteroatoms. The van der Waals surface area contributed by atoms with Crippen LogP contribution in [0.1, 0.15) is 43.4 Å². The average Bonchev–Trinajstić information content (AvgIpc) is 3.30. The second kappa shape index (κ2) is 7.42. The lowest BCUT2D eigenvalue weighted by molar-refractivity contribution is -0.132. The monoisotopic (exact) mass is 367 g/mol. The molecule has 0 radical (unpaired) electrons. The average molecular weight is 367 g/mol. The summed E-state index contributed by atoms with van der Waals surface area (Å²) < 4.78 is 1.65. The van der Waals surface area contributed by atoms with Gasteiger partial charge in [-0.25, -0.2) is 4.79 Å². The highest BCUT2D eigenvalue weighted by atomic mass is 16.2. The third kappa shape index (κ3) is 3.41. The molecular weight excluding hydrogens is 342 g/mol. The SMILES string of the molecule is CCc1cn[nH]c1[C@H]1CCCN(C(=O)CCn2c(=O)[nH]c3ccccc32)C1. The molecule has 2 aromatic heterocycles. The van der Waals surface area contributed by atoms with Crippen molar-refractivity contribution in [2.45, 2.75) is 45.1 Å². The van der Waals surface area contributed by atoms with Crippen molar-refractivity contribution >= 4 is 16.9 Å². The van der Waals surface area contributed by atoms with Crippen LogP contribution in [0.2, 0.25) is 0 Å². The first-order valence-corrected chi connectivity index (χ1v) is 9.64. The molecule has 142 valence electrons. The van der Waals surface area contributed by atoms with Crippen LogP contribution in [-0.2, 0) is 17.8 Å². The van der Waals surface area contributed by atoms with Crippen LogP contribution < -0.4 is 5.69 Å². The van der Waals surface area contributed by atoms with Gasteiger partial charge < -0.3 is 9.88 Å². The van der Waals surface area contributed by atoms with E-state index in [0.717, 1.165) is 43.4 Å². The normalized spacial score (nSPS) is 17.5. The molecule has 4 rings (SSSR count). The number of amides is 1. The number of aryl methyl sites for hydroxylation is 2. The molecule has 1 aliphatic rings. The minimum Gasteiger partial charge on any atom is -0.342 e. The van der Waals surface area contributed by atoms with Crippen LogP contribution in [-0.4, -0.2) is 43.6 Å². The van der Waals surface area contributed by atoms with Gasteiger partial charge in [0.05, 0.1) is 17.2 Å². The molecule has 0 bridgehead atoms. The Balaban J connectivity index is 1.43. The van der Waals surface area contributed by atoms with E-state index in [2.05, 4.69) is 22.1 Å². The number of rotatable bonds is 5. The summed E-state index contributed by atoms with van der Waals surface area (Å²) in [6, 6.07) is 7.57. The van der Waals surface area contributed by atoms with E-state index in [4.69, 9.17) is 0 Å². The Kier molecular flexibility index (Phi) is 4.83. The van der Waals surface area contributed by atoms with E-state index in [0.29, 0.717) is 18.9 Å². The van der Waals surface area contributed by atoms with E-state index in [9.17, 15) is 9.59 Å². The zero-order valence-electron chi connectivity index (χ0n) is 15.6. The highest BCUT2D eigenvalue weighted by Gasteiger charge is 2.27. The number of carbonyl (C=O) groups excluding carboxylic acids is 1. The van der Waals surface area contributed by atoms with Crippen molar-refractivity contribution in [3.8, 4) is 0 Å². The van der Waals surface area contributed by atoms with E-state index in [1.807, 2.05) is 35.4 Å². The van der Waals surface area contributed by atoms with Gasteiger partial charge in [0.15, 0.2) is 0 Å². The second-order valence-electron chi connectivity index (χ2n) is 7.19. The fraction of sp³-hybridized carbons (Fsp3) is 0.450. The lowest BCUT2D eigenvalue weighted by atomic mass is 9.92. The molecule has 1 fully saturated rings. The van der Waals surface area contributed by atoms with Crippen molar-refractivity contribution in [3.05, 3.63) is 52.2 Å². The first kappa shape index (κ1) is 17.6. The molecule has 0 saturated carbocycles. The van der Waals surface area contributed by atoms with Crippen LogP contribution in [0.5, 0.6) is 0 Å². The van der Waals surface area contributed by atoms with Crippen LogP contribution in [0.25, 0.3) is 11.0 Å². The maximum atomic E-state index is 12.8. The molecule has 0 spiro atoms. The number of likely N-dealkylation sites (tertiary alicyclic amines) is 1. The van der Waals surface area contributed by atoms with Gasteiger partial charge in [-0.15, -0.1) is 0 Å². The Morgan fingerprint density at radius 2 is 2.19 bits per heavy atom. The predicted octanol–water partition coefficient (Wildman–Crippen LogP) is 2.41. The van der Waals surface area contributed by atoms with Gasteiger partial charge in [0, 0.05) is 37.7 Å². The summed E-state index contributed by atoms with van der Waals surface area (Å²) in [6.07, 6.45) is 5.23. The summed E-state index contributed by atoms with van der Waals surface area (Å²) in [6.45, 7) is 4.02. The van der Waals surface area contributed by atoms with E-state index < -0.39 is 0 Å². The number of imidazole rings is 1. The van der Waals surface area contributed by atoms with Crippen LogP contribution >= 0.6 is 0 Å². The zero-order valence-corrected chi connectivity index (χ0v) is 15.6. The van der Waals surface area contributed by atoms with Gasteiger partial charge in [0.1, 0.15) is 0 Å². The minimum atomic E-state index is -0.162. The van der Waals surface area contributed by atoms with Crippen molar-refractivity contribution in [1.82, 2.24) is 24.6 Å². The first-order chi connectivity index (χ1) is 13.2. The molecule has 2 N–H and O–H groups in total.